The summed E-state index contributed by atoms with van der Waals surface area (Å²) in [6, 6.07) is 3.35. The Bertz CT molecular complexity index is 597. The zero-order chi connectivity index (χ0) is 13.8. The van der Waals surface area contributed by atoms with Crippen molar-refractivity contribution in [3.8, 4) is 0 Å². The van der Waals surface area contributed by atoms with Crippen molar-refractivity contribution in [3.05, 3.63) is 46.0 Å². The predicted octanol–water partition coefficient (Wildman–Crippen LogP) is 2.09. The molecule has 7 heteroatoms. The summed E-state index contributed by atoms with van der Waals surface area (Å²) in [5, 5.41) is 7.50. The van der Waals surface area contributed by atoms with Gasteiger partial charge in [0, 0.05) is 32.4 Å². The van der Waals surface area contributed by atoms with E-state index in [2.05, 4.69) is 15.4 Å². The lowest BCUT2D eigenvalue weighted by atomic mass is 10.2. The summed E-state index contributed by atoms with van der Waals surface area (Å²) in [5.41, 5.74) is 1.24. The number of pyridine rings is 1. The smallest absolute Gasteiger partial charge is 0.252 e. The Hall–Kier alpha value is -1.59. The summed E-state index contributed by atoms with van der Waals surface area (Å²) in [4.78, 5) is 15.7. The van der Waals surface area contributed by atoms with Gasteiger partial charge in [0.25, 0.3) is 5.91 Å². The van der Waals surface area contributed by atoms with Crippen molar-refractivity contribution in [2.75, 3.05) is 6.54 Å². The van der Waals surface area contributed by atoms with Crippen molar-refractivity contribution in [2.45, 2.75) is 6.42 Å². The fourth-order valence-corrected chi connectivity index (χ4v) is 1.93. The topological polar surface area (TPSA) is 59.8 Å². The van der Waals surface area contributed by atoms with Crippen LogP contribution >= 0.6 is 23.2 Å². The van der Waals surface area contributed by atoms with Gasteiger partial charge in [-0.1, -0.05) is 23.2 Å². The average Bonchev–Trinajstić information content (AvgIpc) is 2.78. The Morgan fingerprint density at radius 1 is 1.47 bits per heavy atom. The van der Waals surface area contributed by atoms with Gasteiger partial charge in [-0.15, -0.1) is 0 Å². The van der Waals surface area contributed by atoms with Crippen LogP contribution in [0.15, 0.2) is 24.5 Å². The molecule has 0 aliphatic heterocycles. The molecule has 1 N–H and O–H groups in total. The van der Waals surface area contributed by atoms with E-state index in [1.54, 1.807) is 4.68 Å². The minimum absolute atomic E-state index is 0.235. The molecule has 5 nitrogen and oxygen atoms in total. The first-order valence-electron chi connectivity index (χ1n) is 5.64. The highest BCUT2D eigenvalue weighted by molar-refractivity contribution is 6.35. The van der Waals surface area contributed by atoms with E-state index in [-0.39, 0.29) is 16.1 Å². The molecule has 0 saturated heterocycles. The number of hydrogen-bond acceptors (Lipinski definition) is 3. The molecule has 1 amide bonds. The third-order valence-electron chi connectivity index (χ3n) is 2.50. The molecular formula is C12H12Cl2N4O. The van der Waals surface area contributed by atoms with Crippen LogP contribution in [-0.4, -0.2) is 27.2 Å². The maximum absolute atomic E-state index is 11.9. The molecule has 0 saturated carbocycles. The molecule has 0 aromatic carbocycles. The van der Waals surface area contributed by atoms with E-state index in [0.29, 0.717) is 18.5 Å². The van der Waals surface area contributed by atoms with Gasteiger partial charge in [-0.3, -0.25) is 9.48 Å². The summed E-state index contributed by atoms with van der Waals surface area (Å²) < 4.78 is 1.72. The third-order valence-corrected chi connectivity index (χ3v) is 3.01. The molecule has 0 radical (unpaired) electrons. The van der Waals surface area contributed by atoms with Crippen LogP contribution in [0.25, 0.3) is 0 Å². The van der Waals surface area contributed by atoms with E-state index in [1.165, 1.54) is 12.3 Å². The monoisotopic (exact) mass is 298 g/mol. The van der Waals surface area contributed by atoms with Gasteiger partial charge in [-0.25, -0.2) is 4.98 Å². The number of nitrogens with zero attached hydrogens (tertiary/aromatic N) is 3. The van der Waals surface area contributed by atoms with Crippen molar-refractivity contribution in [2.24, 2.45) is 7.05 Å². The molecule has 2 aromatic heterocycles. The van der Waals surface area contributed by atoms with Crippen molar-refractivity contribution in [1.29, 1.82) is 0 Å². The molecule has 2 rings (SSSR count). The number of carbonyl (C=O) groups is 1. The molecule has 0 unspecified atom stereocenters. The standard InChI is InChI=1S/C12H12Cl2N4O/c1-18-5-3-8(17-18)2-4-15-12(19)9-6-11(14)16-7-10(9)13/h3,5-7H,2,4H2,1H3,(H,15,19). The van der Waals surface area contributed by atoms with Gasteiger partial charge < -0.3 is 5.32 Å². The summed E-state index contributed by atoms with van der Waals surface area (Å²) in [6.45, 7) is 0.478. The molecule has 2 heterocycles. The first-order chi connectivity index (χ1) is 9.06. The molecule has 100 valence electrons. The molecule has 19 heavy (non-hydrogen) atoms. The number of nitrogens with one attached hydrogen (secondary N) is 1. The number of halogens is 2. The quantitative estimate of drug-likeness (QED) is 0.879. The average molecular weight is 299 g/mol. The maximum atomic E-state index is 11.9. The fourth-order valence-electron chi connectivity index (χ4n) is 1.58. The Morgan fingerprint density at radius 3 is 2.95 bits per heavy atom. The first-order valence-corrected chi connectivity index (χ1v) is 6.39. The number of hydrogen-bond donors (Lipinski definition) is 1. The summed E-state index contributed by atoms with van der Waals surface area (Å²) >= 11 is 11.6. The van der Waals surface area contributed by atoms with Crippen molar-refractivity contribution < 1.29 is 4.79 Å². The first kappa shape index (κ1) is 13.8. The molecule has 0 bridgehead atoms. The molecule has 0 aliphatic carbocycles. The molecule has 0 aliphatic rings. The van der Waals surface area contributed by atoms with E-state index in [9.17, 15) is 4.79 Å². The van der Waals surface area contributed by atoms with Crippen LogP contribution in [0.1, 0.15) is 16.1 Å². The predicted molar refractivity (Wildman–Crippen MR) is 73.5 cm³/mol. The lowest BCUT2D eigenvalue weighted by Gasteiger charge is -2.05. The molecule has 0 spiro atoms. The van der Waals surface area contributed by atoms with Crippen LogP contribution in [0.3, 0.4) is 0 Å². The molecule has 2 aromatic rings. The minimum Gasteiger partial charge on any atom is -0.352 e. The third kappa shape index (κ3) is 3.68. The number of aryl methyl sites for hydroxylation is 1. The lowest BCUT2D eigenvalue weighted by Crippen LogP contribution is -2.26. The Balaban J connectivity index is 1.92. The van der Waals surface area contributed by atoms with Gasteiger partial charge in [0.05, 0.1) is 16.3 Å². The highest BCUT2D eigenvalue weighted by atomic mass is 35.5. The highest BCUT2D eigenvalue weighted by Crippen LogP contribution is 2.17. The second-order valence-electron chi connectivity index (χ2n) is 3.97. The summed E-state index contributed by atoms with van der Waals surface area (Å²) in [5.74, 6) is -0.273. The normalized spacial score (nSPS) is 10.5. The second-order valence-corrected chi connectivity index (χ2v) is 4.77. The Labute approximate surface area is 120 Å². The molecule has 0 atom stereocenters. The molecular weight excluding hydrogens is 287 g/mol. The van der Waals surface area contributed by atoms with Gasteiger partial charge in [-0.2, -0.15) is 5.10 Å². The number of carbonyl (C=O) groups excluding carboxylic acids is 1. The number of aromatic nitrogens is 3. The largest absolute Gasteiger partial charge is 0.352 e. The second kappa shape index (κ2) is 6.04. The van der Waals surface area contributed by atoms with Crippen LogP contribution in [0.2, 0.25) is 10.2 Å². The van der Waals surface area contributed by atoms with Gasteiger partial charge in [0.15, 0.2) is 0 Å². The Kier molecular flexibility index (Phi) is 4.39. The van der Waals surface area contributed by atoms with Crippen molar-refractivity contribution >= 4 is 29.1 Å². The van der Waals surface area contributed by atoms with E-state index >= 15 is 0 Å². The van der Waals surface area contributed by atoms with E-state index in [1.807, 2.05) is 19.3 Å². The van der Waals surface area contributed by atoms with E-state index in [4.69, 9.17) is 23.2 Å². The summed E-state index contributed by atoms with van der Waals surface area (Å²) in [6.07, 6.45) is 3.87. The van der Waals surface area contributed by atoms with Crippen LogP contribution in [0, 0.1) is 0 Å². The van der Waals surface area contributed by atoms with Gasteiger partial charge in [0.2, 0.25) is 0 Å². The summed E-state index contributed by atoms with van der Waals surface area (Å²) in [7, 11) is 1.85. The van der Waals surface area contributed by atoms with E-state index < -0.39 is 0 Å². The van der Waals surface area contributed by atoms with Crippen molar-refractivity contribution in [1.82, 2.24) is 20.1 Å². The maximum Gasteiger partial charge on any atom is 0.252 e. The molecule has 0 fully saturated rings. The highest BCUT2D eigenvalue weighted by Gasteiger charge is 2.11. The van der Waals surface area contributed by atoms with Crippen LogP contribution < -0.4 is 5.32 Å². The van der Waals surface area contributed by atoms with Crippen molar-refractivity contribution in [3.63, 3.8) is 0 Å². The van der Waals surface area contributed by atoms with E-state index in [0.717, 1.165) is 5.69 Å². The van der Waals surface area contributed by atoms with Crippen LogP contribution in [0.5, 0.6) is 0 Å². The van der Waals surface area contributed by atoms with Gasteiger partial charge in [-0.05, 0) is 12.1 Å². The van der Waals surface area contributed by atoms with Gasteiger partial charge >= 0.3 is 0 Å². The van der Waals surface area contributed by atoms with Crippen LogP contribution in [-0.2, 0) is 13.5 Å². The van der Waals surface area contributed by atoms with Crippen LogP contribution in [0.4, 0.5) is 0 Å². The number of rotatable bonds is 4. The fraction of sp³-hybridized carbons (Fsp3) is 0.250. The Morgan fingerprint density at radius 2 is 2.26 bits per heavy atom. The lowest BCUT2D eigenvalue weighted by molar-refractivity contribution is 0.0954. The zero-order valence-corrected chi connectivity index (χ0v) is 11.7. The minimum atomic E-state index is -0.273. The SMILES string of the molecule is Cn1ccc(CCNC(=O)c2cc(Cl)ncc2Cl)n1. The zero-order valence-electron chi connectivity index (χ0n) is 10.2. The van der Waals surface area contributed by atoms with Gasteiger partial charge in [0.1, 0.15) is 5.15 Å². The number of amides is 1.